The number of hydrogen-bond acceptors (Lipinski definition) is 7. The van der Waals surface area contributed by atoms with Gasteiger partial charge in [0.25, 0.3) is 0 Å². The Morgan fingerprint density at radius 1 is 1.52 bits per heavy atom. The lowest BCUT2D eigenvalue weighted by Crippen LogP contribution is -2.37. The fourth-order valence-electron chi connectivity index (χ4n) is 2.24. The third-order valence-corrected chi connectivity index (χ3v) is 3.36. The smallest absolute Gasteiger partial charge is 0.329 e. The Balaban J connectivity index is 2.18. The van der Waals surface area contributed by atoms with Crippen LogP contribution in [0.4, 0.5) is 17.5 Å². The molecule has 1 aromatic rings. The maximum atomic E-state index is 12.1. The van der Waals surface area contributed by atoms with Crippen molar-refractivity contribution < 1.29 is 9.72 Å². The highest BCUT2D eigenvalue weighted by molar-refractivity contribution is 5.82. The molecule has 0 saturated carbocycles. The van der Waals surface area contributed by atoms with Crippen molar-refractivity contribution in [2.45, 2.75) is 12.8 Å². The molecule has 0 radical (unpaired) electrons. The van der Waals surface area contributed by atoms with Gasteiger partial charge in [0, 0.05) is 27.2 Å². The second kappa shape index (κ2) is 6.33. The molecule has 9 nitrogen and oxygen atoms in total. The van der Waals surface area contributed by atoms with E-state index >= 15 is 0 Å². The van der Waals surface area contributed by atoms with Gasteiger partial charge in [0.15, 0.2) is 0 Å². The standard InChI is InChI=1S/C12H18N6O3/c1-13-12-14-7-9(18(20)21)11(15-12)16(2)8-10(19)17-5-3-4-6-17/h7H,3-6,8H2,1-2H3,(H,13,14,15). The molecule has 1 amide bonds. The molecule has 0 spiro atoms. The summed E-state index contributed by atoms with van der Waals surface area (Å²) < 4.78 is 0. The Bertz CT molecular complexity index is 544. The predicted molar refractivity (Wildman–Crippen MR) is 77.3 cm³/mol. The van der Waals surface area contributed by atoms with Gasteiger partial charge in [-0.15, -0.1) is 0 Å². The van der Waals surface area contributed by atoms with Crippen LogP contribution in [0.5, 0.6) is 0 Å². The summed E-state index contributed by atoms with van der Waals surface area (Å²) in [6.45, 7) is 1.56. The molecule has 9 heteroatoms. The summed E-state index contributed by atoms with van der Waals surface area (Å²) in [5.41, 5.74) is -0.217. The number of likely N-dealkylation sites (tertiary alicyclic amines) is 1. The lowest BCUT2D eigenvalue weighted by atomic mass is 10.4. The van der Waals surface area contributed by atoms with Gasteiger partial charge < -0.3 is 15.1 Å². The van der Waals surface area contributed by atoms with Crippen molar-refractivity contribution in [3.8, 4) is 0 Å². The van der Waals surface area contributed by atoms with Gasteiger partial charge in [-0.2, -0.15) is 4.98 Å². The number of aromatic nitrogens is 2. The van der Waals surface area contributed by atoms with E-state index in [0.717, 1.165) is 32.1 Å². The number of anilines is 2. The van der Waals surface area contributed by atoms with Crippen LogP contribution in [0.3, 0.4) is 0 Å². The van der Waals surface area contributed by atoms with Gasteiger partial charge >= 0.3 is 5.69 Å². The molecule has 1 fully saturated rings. The van der Waals surface area contributed by atoms with Crippen LogP contribution in [0, 0.1) is 10.1 Å². The minimum absolute atomic E-state index is 0.0473. The van der Waals surface area contributed by atoms with Crippen LogP contribution >= 0.6 is 0 Å². The van der Waals surface area contributed by atoms with Crippen molar-refractivity contribution in [2.75, 3.05) is 43.9 Å². The molecule has 0 atom stereocenters. The lowest BCUT2D eigenvalue weighted by Gasteiger charge is -2.21. The van der Waals surface area contributed by atoms with E-state index in [4.69, 9.17) is 0 Å². The highest BCUT2D eigenvalue weighted by Gasteiger charge is 2.24. The highest BCUT2D eigenvalue weighted by atomic mass is 16.6. The van der Waals surface area contributed by atoms with Crippen molar-refractivity contribution in [1.82, 2.24) is 14.9 Å². The number of amides is 1. The quantitative estimate of drug-likeness (QED) is 0.622. The minimum atomic E-state index is -0.550. The van der Waals surface area contributed by atoms with Gasteiger partial charge in [0.05, 0.1) is 11.5 Å². The van der Waals surface area contributed by atoms with E-state index < -0.39 is 4.92 Å². The predicted octanol–water partition coefficient (Wildman–Crippen LogP) is 0.485. The zero-order chi connectivity index (χ0) is 15.4. The molecule has 2 heterocycles. The number of likely N-dealkylation sites (N-methyl/N-ethyl adjacent to an activating group) is 1. The van der Waals surface area contributed by atoms with E-state index in [0.29, 0.717) is 0 Å². The largest absolute Gasteiger partial charge is 0.357 e. The fourth-order valence-corrected chi connectivity index (χ4v) is 2.24. The number of nitrogens with one attached hydrogen (secondary N) is 1. The van der Waals surface area contributed by atoms with Crippen molar-refractivity contribution >= 4 is 23.4 Å². The Labute approximate surface area is 122 Å². The van der Waals surface area contributed by atoms with Crippen LogP contribution in [0.2, 0.25) is 0 Å². The SMILES string of the molecule is CNc1ncc([N+](=O)[O-])c(N(C)CC(=O)N2CCCC2)n1. The topological polar surface area (TPSA) is 104 Å². The van der Waals surface area contributed by atoms with Gasteiger partial charge in [-0.05, 0) is 12.8 Å². The van der Waals surface area contributed by atoms with Crippen LogP contribution < -0.4 is 10.2 Å². The third kappa shape index (κ3) is 3.36. The van der Waals surface area contributed by atoms with Gasteiger partial charge in [0.2, 0.25) is 17.7 Å². The molecule has 0 aliphatic carbocycles. The molecule has 1 aliphatic heterocycles. The zero-order valence-corrected chi connectivity index (χ0v) is 12.1. The van der Waals surface area contributed by atoms with E-state index in [1.807, 2.05) is 0 Å². The van der Waals surface area contributed by atoms with Crippen LogP contribution in [0.1, 0.15) is 12.8 Å². The molecule has 1 saturated heterocycles. The summed E-state index contributed by atoms with van der Waals surface area (Å²) in [5.74, 6) is 0.358. The molecule has 114 valence electrons. The summed E-state index contributed by atoms with van der Waals surface area (Å²) in [7, 11) is 3.24. The van der Waals surface area contributed by atoms with Crippen LogP contribution in [0.15, 0.2) is 6.20 Å². The summed E-state index contributed by atoms with van der Waals surface area (Å²) in [6.07, 6.45) is 3.16. The van der Waals surface area contributed by atoms with Gasteiger partial charge in [-0.3, -0.25) is 14.9 Å². The van der Waals surface area contributed by atoms with E-state index in [-0.39, 0.29) is 29.9 Å². The highest BCUT2D eigenvalue weighted by Crippen LogP contribution is 2.25. The minimum Gasteiger partial charge on any atom is -0.357 e. The third-order valence-electron chi connectivity index (χ3n) is 3.36. The van der Waals surface area contributed by atoms with E-state index in [2.05, 4.69) is 15.3 Å². The Morgan fingerprint density at radius 3 is 2.76 bits per heavy atom. The van der Waals surface area contributed by atoms with Crippen molar-refractivity contribution in [3.63, 3.8) is 0 Å². The molecule has 0 aromatic carbocycles. The van der Waals surface area contributed by atoms with Gasteiger partial charge in [-0.1, -0.05) is 0 Å². The van der Waals surface area contributed by atoms with Crippen molar-refractivity contribution in [1.29, 1.82) is 0 Å². The molecule has 2 rings (SSSR count). The maximum absolute atomic E-state index is 12.1. The van der Waals surface area contributed by atoms with Gasteiger partial charge in [-0.25, -0.2) is 4.98 Å². The number of rotatable bonds is 5. The number of carbonyl (C=O) groups is 1. The normalized spacial score (nSPS) is 14.1. The summed E-state index contributed by atoms with van der Waals surface area (Å²) in [5, 5.41) is 13.8. The average Bonchev–Trinajstić information content (AvgIpc) is 3.00. The first-order valence-corrected chi connectivity index (χ1v) is 6.71. The Hall–Kier alpha value is -2.45. The molecule has 0 bridgehead atoms. The van der Waals surface area contributed by atoms with Crippen molar-refractivity contribution in [3.05, 3.63) is 16.3 Å². The van der Waals surface area contributed by atoms with Crippen molar-refractivity contribution in [2.24, 2.45) is 0 Å². The first kappa shape index (κ1) is 14.9. The second-order valence-electron chi connectivity index (χ2n) is 4.85. The van der Waals surface area contributed by atoms with Crippen LogP contribution in [0.25, 0.3) is 0 Å². The first-order chi connectivity index (χ1) is 10.0. The number of carbonyl (C=O) groups excluding carboxylic acids is 1. The maximum Gasteiger partial charge on any atom is 0.329 e. The second-order valence-corrected chi connectivity index (χ2v) is 4.85. The molecule has 1 aromatic heterocycles. The van der Waals surface area contributed by atoms with Gasteiger partial charge in [0.1, 0.15) is 6.20 Å². The number of nitrogens with zero attached hydrogens (tertiary/aromatic N) is 5. The molecule has 21 heavy (non-hydrogen) atoms. The van der Waals surface area contributed by atoms with E-state index in [9.17, 15) is 14.9 Å². The molecule has 1 N–H and O–H groups in total. The average molecular weight is 294 g/mol. The fraction of sp³-hybridized carbons (Fsp3) is 0.583. The molecule has 1 aliphatic rings. The number of hydrogen-bond donors (Lipinski definition) is 1. The molecular formula is C12H18N6O3. The van der Waals surface area contributed by atoms with E-state index in [1.54, 1.807) is 19.0 Å². The zero-order valence-electron chi connectivity index (χ0n) is 12.1. The monoisotopic (exact) mass is 294 g/mol. The van der Waals surface area contributed by atoms with Crippen LogP contribution in [-0.4, -0.2) is 59.4 Å². The Kier molecular flexibility index (Phi) is 4.51. The Morgan fingerprint density at radius 2 is 2.19 bits per heavy atom. The molecular weight excluding hydrogens is 276 g/mol. The summed E-state index contributed by atoms with van der Waals surface area (Å²) in [6, 6.07) is 0. The molecule has 0 unspecified atom stereocenters. The van der Waals surface area contributed by atoms with E-state index in [1.165, 1.54) is 4.90 Å². The summed E-state index contributed by atoms with van der Waals surface area (Å²) >= 11 is 0. The lowest BCUT2D eigenvalue weighted by molar-refractivity contribution is -0.384. The van der Waals surface area contributed by atoms with Crippen LogP contribution in [-0.2, 0) is 4.79 Å². The summed E-state index contributed by atoms with van der Waals surface area (Å²) in [4.78, 5) is 33.8. The number of nitro groups is 1. The first-order valence-electron chi connectivity index (χ1n) is 6.71.